The lowest BCUT2D eigenvalue weighted by atomic mass is 9.75. The Bertz CT molecular complexity index is 1340. The normalized spacial score (nSPS) is 28.8. The lowest BCUT2D eigenvalue weighted by molar-refractivity contribution is 0.179. The number of urea groups is 2. The largest absolute Gasteiger partial charge is 0.412 e. The second kappa shape index (κ2) is 19.7. The number of hydrogen-bond acceptors (Lipinski definition) is 6. The summed E-state index contributed by atoms with van der Waals surface area (Å²) in [6.45, 7) is 0. The van der Waals surface area contributed by atoms with E-state index in [2.05, 4.69) is 26.6 Å². The number of hydrogen-bond donors (Lipinski definition) is 5. The molecule has 5 N–H and O–H groups in total. The third kappa shape index (κ3) is 13.0. The average molecular weight is 730 g/mol. The Morgan fingerprint density at radius 1 is 0.415 bits per heavy atom. The molecule has 6 rings (SSSR count). The highest BCUT2D eigenvalue weighted by molar-refractivity contribution is 5.93. The fourth-order valence-corrected chi connectivity index (χ4v) is 9.24. The first-order valence-electron chi connectivity index (χ1n) is 20.3. The van der Waals surface area contributed by atoms with Gasteiger partial charge in [-0.05, 0) is 164 Å². The molecule has 11 nitrogen and oxygen atoms in total. The first-order valence-corrected chi connectivity index (χ1v) is 20.3. The van der Waals surface area contributed by atoms with Crippen LogP contribution in [0.15, 0.2) is 60.7 Å². The van der Waals surface area contributed by atoms with Crippen molar-refractivity contribution in [3.05, 3.63) is 60.7 Å². The number of nitrogens with one attached hydrogen (secondary N) is 5. The summed E-state index contributed by atoms with van der Waals surface area (Å²) in [5.74, 6) is 3.79. The van der Waals surface area contributed by atoms with Crippen LogP contribution in [0.2, 0.25) is 0 Å². The predicted octanol–water partition coefficient (Wildman–Crippen LogP) is 8.59. The fraction of sp³-hybridized carbons (Fsp3) is 0.619. The van der Waals surface area contributed by atoms with Crippen LogP contribution in [0.3, 0.4) is 0 Å². The standard InChI is InChI=1S/C42H59N5O6/c48-39(43-33-19-11-29(12-20-33)27-31-15-23-35(24-16-31)45-41(50)52-37-7-3-1-4-8-37)47-40(49)44-34-21-13-30(14-22-34)28-32-17-25-36(26-18-32)46-42(51)53-38-9-5-2-6-10-38/h1-10,29-36H,11-28H2,(H,45,50)(H,46,51)(H3,43,44,47,48,49). The summed E-state index contributed by atoms with van der Waals surface area (Å²) in [6, 6.07) is 18.0. The maximum absolute atomic E-state index is 12.7. The number of carbonyl (C=O) groups excluding carboxylic acids is 4. The fourth-order valence-electron chi connectivity index (χ4n) is 9.24. The first-order chi connectivity index (χ1) is 25.8. The van der Waals surface area contributed by atoms with Crippen LogP contribution in [0.4, 0.5) is 19.2 Å². The van der Waals surface area contributed by atoms with Gasteiger partial charge in [-0.25, -0.2) is 19.2 Å². The van der Waals surface area contributed by atoms with Crippen LogP contribution < -0.4 is 36.1 Å². The Kier molecular flexibility index (Phi) is 14.3. The summed E-state index contributed by atoms with van der Waals surface area (Å²) in [7, 11) is 0. The van der Waals surface area contributed by atoms with E-state index in [4.69, 9.17) is 9.47 Å². The molecule has 2 aromatic carbocycles. The van der Waals surface area contributed by atoms with E-state index in [-0.39, 0.29) is 36.4 Å². The maximum atomic E-state index is 12.7. The van der Waals surface area contributed by atoms with E-state index in [1.165, 1.54) is 12.8 Å². The predicted molar refractivity (Wildman–Crippen MR) is 204 cm³/mol. The van der Waals surface area contributed by atoms with Crippen molar-refractivity contribution >= 4 is 24.2 Å². The Balaban J connectivity index is 0.774. The molecule has 6 amide bonds. The molecule has 0 bridgehead atoms. The summed E-state index contributed by atoms with van der Waals surface area (Å²) in [6.07, 6.45) is 18.1. The van der Waals surface area contributed by atoms with Crippen LogP contribution in [0.25, 0.3) is 0 Å². The summed E-state index contributed by atoms with van der Waals surface area (Å²) in [5, 5.41) is 14.6. The molecule has 0 saturated heterocycles. The van der Waals surface area contributed by atoms with Gasteiger partial charge in [0.2, 0.25) is 0 Å². The van der Waals surface area contributed by atoms with Gasteiger partial charge in [0.1, 0.15) is 11.5 Å². The third-order valence-corrected chi connectivity index (χ3v) is 12.2. The minimum atomic E-state index is -0.408. The van der Waals surface area contributed by atoms with Crippen molar-refractivity contribution in [3.63, 3.8) is 0 Å². The van der Waals surface area contributed by atoms with Crippen molar-refractivity contribution in [2.24, 2.45) is 23.7 Å². The Morgan fingerprint density at radius 3 is 1.00 bits per heavy atom. The molecule has 11 heteroatoms. The van der Waals surface area contributed by atoms with Crippen molar-refractivity contribution in [1.29, 1.82) is 0 Å². The Morgan fingerprint density at radius 2 is 0.698 bits per heavy atom. The smallest absolute Gasteiger partial charge is 0.410 e. The highest BCUT2D eigenvalue weighted by atomic mass is 16.6. The summed E-state index contributed by atoms with van der Waals surface area (Å²) in [4.78, 5) is 49.8. The van der Waals surface area contributed by atoms with E-state index in [1.807, 2.05) is 36.4 Å². The first kappa shape index (κ1) is 38.4. The van der Waals surface area contributed by atoms with Crippen molar-refractivity contribution in [2.75, 3.05) is 0 Å². The average Bonchev–Trinajstić information content (AvgIpc) is 3.15. The number of carbonyl (C=O) groups is 4. The van der Waals surface area contributed by atoms with Gasteiger partial charge in [-0.3, -0.25) is 5.32 Å². The molecule has 0 aliphatic heterocycles. The molecule has 4 fully saturated rings. The number of imide groups is 1. The molecule has 4 saturated carbocycles. The molecule has 0 unspecified atom stereocenters. The van der Waals surface area contributed by atoms with Gasteiger partial charge >= 0.3 is 24.2 Å². The minimum Gasteiger partial charge on any atom is -0.410 e. The van der Waals surface area contributed by atoms with Gasteiger partial charge in [0.25, 0.3) is 0 Å². The van der Waals surface area contributed by atoms with Gasteiger partial charge < -0.3 is 30.7 Å². The number of ether oxygens (including phenoxy) is 2. The van der Waals surface area contributed by atoms with Crippen molar-refractivity contribution in [1.82, 2.24) is 26.6 Å². The maximum Gasteiger partial charge on any atom is 0.412 e. The number of para-hydroxylation sites is 2. The molecule has 0 radical (unpaired) electrons. The highest BCUT2D eigenvalue weighted by Gasteiger charge is 2.30. The van der Waals surface area contributed by atoms with Crippen LogP contribution in [0, 0.1) is 23.7 Å². The van der Waals surface area contributed by atoms with Gasteiger partial charge in [-0.15, -0.1) is 0 Å². The van der Waals surface area contributed by atoms with E-state index in [0.717, 1.165) is 103 Å². The van der Waals surface area contributed by atoms with E-state index in [0.29, 0.717) is 35.2 Å². The zero-order valence-electron chi connectivity index (χ0n) is 31.1. The number of benzene rings is 2. The molecule has 0 spiro atoms. The van der Waals surface area contributed by atoms with Crippen molar-refractivity contribution in [2.45, 2.75) is 140 Å². The SMILES string of the molecule is O=C(NC(=O)NC1CCC(CC2CCC(NC(=O)Oc3ccccc3)CC2)CC1)NC1CCC(CC2CCC(NC(=O)Oc3ccccc3)CC2)CC1. The van der Waals surface area contributed by atoms with E-state index >= 15 is 0 Å². The Labute approximate surface area is 314 Å². The van der Waals surface area contributed by atoms with Gasteiger partial charge in [-0.2, -0.15) is 0 Å². The number of amides is 6. The topological polar surface area (TPSA) is 147 Å². The monoisotopic (exact) mass is 729 g/mol. The molecule has 288 valence electrons. The lowest BCUT2D eigenvalue weighted by Gasteiger charge is -2.34. The van der Waals surface area contributed by atoms with Gasteiger partial charge in [0.05, 0.1) is 0 Å². The van der Waals surface area contributed by atoms with Crippen LogP contribution in [0.1, 0.15) is 116 Å². The molecule has 4 aliphatic rings. The second-order valence-electron chi connectivity index (χ2n) is 16.1. The molecule has 0 heterocycles. The van der Waals surface area contributed by atoms with E-state index in [9.17, 15) is 19.2 Å². The quantitative estimate of drug-likeness (QED) is 0.166. The van der Waals surface area contributed by atoms with E-state index < -0.39 is 12.1 Å². The van der Waals surface area contributed by atoms with Crippen LogP contribution in [0.5, 0.6) is 11.5 Å². The highest BCUT2D eigenvalue weighted by Crippen LogP contribution is 2.37. The minimum absolute atomic E-state index is 0.0963. The molecular formula is C42H59N5O6. The zero-order valence-corrected chi connectivity index (χ0v) is 31.1. The van der Waals surface area contributed by atoms with Gasteiger partial charge in [-0.1, -0.05) is 36.4 Å². The third-order valence-electron chi connectivity index (χ3n) is 12.2. The molecule has 0 aromatic heterocycles. The molecule has 53 heavy (non-hydrogen) atoms. The molecule has 4 aliphatic carbocycles. The molecule has 2 aromatic rings. The van der Waals surface area contributed by atoms with Crippen LogP contribution in [-0.4, -0.2) is 48.4 Å². The summed E-state index contributed by atoms with van der Waals surface area (Å²) >= 11 is 0. The van der Waals surface area contributed by atoms with Gasteiger partial charge in [0.15, 0.2) is 0 Å². The summed E-state index contributed by atoms with van der Waals surface area (Å²) in [5.41, 5.74) is 0. The lowest BCUT2D eigenvalue weighted by Crippen LogP contribution is -2.51. The molecular weight excluding hydrogens is 670 g/mol. The van der Waals surface area contributed by atoms with Crippen molar-refractivity contribution in [3.8, 4) is 11.5 Å². The van der Waals surface area contributed by atoms with Gasteiger partial charge in [0, 0.05) is 24.2 Å². The van der Waals surface area contributed by atoms with Crippen molar-refractivity contribution < 1.29 is 28.7 Å². The zero-order chi connectivity index (χ0) is 36.8. The Hall–Kier alpha value is -4.28. The number of rotatable bonds is 10. The second-order valence-corrected chi connectivity index (χ2v) is 16.1. The van der Waals surface area contributed by atoms with E-state index in [1.54, 1.807) is 24.3 Å². The van der Waals surface area contributed by atoms with Crippen LogP contribution >= 0.6 is 0 Å². The summed E-state index contributed by atoms with van der Waals surface area (Å²) < 4.78 is 10.8. The van der Waals surface area contributed by atoms with Crippen LogP contribution in [-0.2, 0) is 0 Å². The molecule has 0 atom stereocenters.